The first kappa shape index (κ1) is 24.0. The van der Waals surface area contributed by atoms with Crippen LogP contribution in [0.25, 0.3) is 0 Å². The minimum atomic E-state index is -0.463. The zero-order valence-corrected chi connectivity index (χ0v) is 19.8. The number of rotatable bonds is 8. The van der Waals surface area contributed by atoms with E-state index >= 15 is 0 Å². The number of benzene rings is 2. The average molecular weight is 467 g/mol. The van der Waals surface area contributed by atoms with E-state index in [2.05, 4.69) is 10.6 Å². The van der Waals surface area contributed by atoms with Crippen LogP contribution in [0.1, 0.15) is 43.6 Å². The molecule has 0 aliphatic heterocycles. The van der Waals surface area contributed by atoms with Crippen LogP contribution in [0.4, 0.5) is 10.7 Å². The molecule has 172 valence electrons. The van der Waals surface area contributed by atoms with Crippen molar-refractivity contribution in [1.29, 1.82) is 0 Å². The maximum absolute atomic E-state index is 12.4. The molecular weight excluding hydrogens is 440 g/mol. The van der Waals surface area contributed by atoms with Crippen molar-refractivity contribution in [2.75, 3.05) is 23.8 Å². The average Bonchev–Trinajstić information content (AvgIpc) is 3.07. The number of anilines is 2. The van der Waals surface area contributed by atoms with Crippen molar-refractivity contribution >= 4 is 39.8 Å². The van der Waals surface area contributed by atoms with Crippen molar-refractivity contribution in [1.82, 2.24) is 0 Å². The zero-order chi connectivity index (χ0) is 24.0. The number of aryl methyl sites for hydroxylation is 2. The second-order valence-corrected chi connectivity index (χ2v) is 8.61. The van der Waals surface area contributed by atoms with E-state index in [1.165, 1.54) is 11.3 Å². The van der Waals surface area contributed by atoms with Crippen LogP contribution in [0.3, 0.4) is 0 Å². The molecule has 33 heavy (non-hydrogen) atoms. The number of amides is 2. The third-order valence-corrected chi connectivity index (χ3v) is 6.04. The SMILES string of the molecule is CCOC(=O)c1c(NC(=O)COc2ccc(C(=O)Nc3ccc(C)cc3)cc2)sc(C)c1C. The fourth-order valence-electron chi connectivity index (χ4n) is 3.02. The summed E-state index contributed by atoms with van der Waals surface area (Å²) in [5.74, 6) is -0.655. The van der Waals surface area contributed by atoms with Gasteiger partial charge in [0.2, 0.25) is 0 Å². The van der Waals surface area contributed by atoms with Crippen molar-refractivity contribution in [2.24, 2.45) is 0 Å². The summed E-state index contributed by atoms with van der Waals surface area (Å²) in [5.41, 5.74) is 3.45. The van der Waals surface area contributed by atoms with E-state index in [4.69, 9.17) is 9.47 Å². The topological polar surface area (TPSA) is 93.7 Å². The van der Waals surface area contributed by atoms with Gasteiger partial charge in [0.1, 0.15) is 10.8 Å². The summed E-state index contributed by atoms with van der Waals surface area (Å²) < 4.78 is 10.6. The molecular formula is C25H26N2O5S. The Kier molecular flexibility index (Phi) is 7.84. The summed E-state index contributed by atoms with van der Waals surface area (Å²) in [6.07, 6.45) is 0. The predicted octanol–water partition coefficient (Wildman–Crippen LogP) is 5.12. The van der Waals surface area contributed by atoms with Crippen molar-refractivity contribution in [3.63, 3.8) is 0 Å². The fraction of sp³-hybridized carbons (Fsp3) is 0.240. The van der Waals surface area contributed by atoms with E-state index in [0.717, 1.165) is 16.0 Å². The lowest BCUT2D eigenvalue weighted by Crippen LogP contribution is -2.21. The van der Waals surface area contributed by atoms with E-state index in [1.54, 1.807) is 31.2 Å². The normalized spacial score (nSPS) is 10.4. The largest absolute Gasteiger partial charge is 0.484 e. The Labute approximate surface area is 196 Å². The van der Waals surface area contributed by atoms with Crippen LogP contribution in [0.5, 0.6) is 5.75 Å². The van der Waals surface area contributed by atoms with Crippen LogP contribution in [-0.2, 0) is 9.53 Å². The monoisotopic (exact) mass is 466 g/mol. The van der Waals surface area contributed by atoms with Gasteiger partial charge in [0.25, 0.3) is 11.8 Å². The number of nitrogens with one attached hydrogen (secondary N) is 2. The lowest BCUT2D eigenvalue weighted by Gasteiger charge is -2.09. The summed E-state index contributed by atoms with van der Waals surface area (Å²) in [5, 5.41) is 6.01. The van der Waals surface area contributed by atoms with Gasteiger partial charge < -0.3 is 20.1 Å². The second kappa shape index (κ2) is 10.8. The predicted molar refractivity (Wildman–Crippen MR) is 129 cm³/mol. The second-order valence-electron chi connectivity index (χ2n) is 7.39. The van der Waals surface area contributed by atoms with Gasteiger partial charge >= 0.3 is 5.97 Å². The summed E-state index contributed by atoms with van der Waals surface area (Å²) >= 11 is 1.32. The first-order chi connectivity index (χ1) is 15.8. The smallest absolute Gasteiger partial charge is 0.341 e. The molecule has 7 nitrogen and oxygen atoms in total. The minimum Gasteiger partial charge on any atom is -0.484 e. The first-order valence-electron chi connectivity index (χ1n) is 10.5. The van der Waals surface area contributed by atoms with E-state index in [9.17, 15) is 14.4 Å². The molecule has 2 N–H and O–H groups in total. The molecule has 3 rings (SSSR count). The molecule has 0 bridgehead atoms. The highest BCUT2D eigenvalue weighted by atomic mass is 32.1. The number of carbonyl (C=O) groups is 3. The van der Waals surface area contributed by atoms with Crippen LogP contribution < -0.4 is 15.4 Å². The van der Waals surface area contributed by atoms with Gasteiger partial charge in [-0.15, -0.1) is 11.3 Å². The van der Waals surface area contributed by atoms with Gasteiger partial charge in [-0.05, 0) is 69.7 Å². The molecule has 8 heteroatoms. The van der Waals surface area contributed by atoms with Crippen LogP contribution in [0, 0.1) is 20.8 Å². The Balaban J connectivity index is 1.57. The summed E-state index contributed by atoms with van der Waals surface area (Å²) in [6.45, 7) is 7.42. The number of thiophene rings is 1. The van der Waals surface area contributed by atoms with Crippen LogP contribution in [0.2, 0.25) is 0 Å². The molecule has 0 spiro atoms. The highest BCUT2D eigenvalue weighted by Gasteiger charge is 2.22. The first-order valence-corrected chi connectivity index (χ1v) is 11.3. The van der Waals surface area contributed by atoms with Crippen molar-refractivity contribution in [2.45, 2.75) is 27.7 Å². The third-order valence-electron chi connectivity index (χ3n) is 4.91. The highest BCUT2D eigenvalue weighted by Crippen LogP contribution is 2.33. The summed E-state index contributed by atoms with van der Waals surface area (Å²) in [6, 6.07) is 14.0. The lowest BCUT2D eigenvalue weighted by molar-refractivity contribution is -0.118. The Morgan fingerprint density at radius 2 is 1.58 bits per heavy atom. The zero-order valence-electron chi connectivity index (χ0n) is 19.0. The summed E-state index contributed by atoms with van der Waals surface area (Å²) in [4.78, 5) is 38.0. The minimum absolute atomic E-state index is 0.238. The van der Waals surface area contributed by atoms with Crippen LogP contribution >= 0.6 is 11.3 Å². The molecule has 2 aromatic carbocycles. The van der Waals surface area contributed by atoms with Gasteiger partial charge in [0.05, 0.1) is 12.2 Å². The van der Waals surface area contributed by atoms with E-state index in [-0.39, 0.29) is 19.1 Å². The molecule has 0 saturated heterocycles. The van der Waals surface area contributed by atoms with Gasteiger partial charge in [-0.3, -0.25) is 9.59 Å². The van der Waals surface area contributed by atoms with Crippen molar-refractivity contribution in [3.8, 4) is 5.75 Å². The quantitative estimate of drug-likeness (QED) is 0.450. The number of esters is 1. The lowest BCUT2D eigenvalue weighted by atomic mass is 10.1. The molecule has 2 amide bonds. The highest BCUT2D eigenvalue weighted by molar-refractivity contribution is 7.16. The number of hydrogen-bond donors (Lipinski definition) is 2. The molecule has 3 aromatic rings. The molecule has 1 heterocycles. The van der Waals surface area contributed by atoms with Crippen molar-refractivity contribution in [3.05, 3.63) is 75.7 Å². The van der Waals surface area contributed by atoms with Gasteiger partial charge in [-0.25, -0.2) is 4.79 Å². The number of carbonyl (C=O) groups excluding carboxylic acids is 3. The Morgan fingerprint density at radius 3 is 2.21 bits per heavy atom. The maximum Gasteiger partial charge on any atom is 0.341 e. The Hall–Kier alpha value is -3.65. The van der Waals surface area contributed by atoms with Gasteiger partial charge in [0.15, 0.2) is 6.61 Å². The molecule has 0 radical (unpaired) electrons. The third kappa shape index (κ3) is 6.20. The number of ether oxygens (including phenoxy) is 2. The standard InChI is InChI=1S/C25H26N2O5S/c1-5-31-25(30)22-16(3)17(4)33-24(22)27-21(28)14-32-20-12-8-18(9-13-20)23(29)26-19-10-6-15(2)7-11-19/h6-13H,5,14H2,1-4H3,(H,26,29)(H,27,28). The maximum atomic E-state index is 12.4. The Morgan fingerprint density at radius 1 is 0.909 bits per heavy atom. The van der Waals surface area contributed by atoms with E-state index < -0.39 is 11.9 Å². The molecule has 0 aliphatic rings. The molecule has 0 saturated carbocycles. The van der Waals surface area contributed by atoms with Gasteiger partial charge in [-0.2, -0.15) is 0 Å². The van der Waals surface area contributed by atoms with E-state index in [1.807, 2.05) is 45.0 Å². The van der Waals surface area contributed by atoms with Crippen LogP contribution in [0.15, 0.2) is 48.5 Å². The van der Waals surface area contributed by atoms with Crippen molar-refractivity contribution < 1.29 is 23.9 Å². The summed E-state index contributed by atoms with van der Waals surface area (Å²) in [7, 11) is 0. The Bertz CT molecular complexity index is 1150. The number of hydrogen-bond acceptors (Lipinski definition) is 6. The van der Waals surface area contributed by atoms with Gasteiger partial charge in [-0.1, -0.05) is 17.7 Å². The van der Waals surface area contributed by atoms with Crippen LogP contribution in [-0.4, -0.2) is 31.0 Å². The van der Waals surface area contributed by atoms with Gasteiger partial charge in [0, 0.05) is 16.1 Å². The molecule has 0 unspecified atom stereocenters. The van der Waals surface area contributed by atoms with E-state index in [0.29, 0.717) is 27.6 Å². The molecule has 1 aromatic heterocycles. The molecule has 0 fully saturated rings. The molecule has 0 aliphatic carbocycles. The molecule has 0 atom stereocenters. The fourth-order valence-corrected chi connectivity index (χ4v) is 4.08.